The topological polar surface area (TPSA) is 129 Å². The first-order valence-corrected chi connectivity index (χ1v) is 14.7. The van der Waals surface area contributed by atoms with Crippen LogP contribution in [0.4, 0.5) is 46.9 Å². The van der Waals surface area contributed by atoms with Gasteiger partial charge in [0.05, 0.1) is 29.4 Å². The van der Waals surface area contributed by atoms with Crippen LogP contribution >= 0.6 is 11.8 Å². The molecule has 49 heavy (non-hydrogen) atoms. The van der Waals surface area contributed by atoms with Gasteiger partial charge in [0, 0.05) is 17.2 Å². The molecule has 0 radical (unpaired) electrons. The molecular formula is C29H19F7N6O6S. The van der Waals surface area contributed by atoms with E-state index in [0.717, 1.165) is 34.9 Å². The predicted molar refractivity (Wildman–Crippen MR) is 158 cm³/mol. The molecule has 0 atom stereocenters. The van der Waals surface area contributed by atoms with Crippen molar-refractivity contribution >= 4 is 40.2 Å². The fourth-order valence-electron chi connectivity index (χ4n) is 4.56. The monoisotopic (exact) mass is 712 g/mol. The highest BCUT2D eigenvalue weighted by atomic mass is 32.2. The van der Waals surface area contributed by atoms with Crippen LogP contribution in [-0.2, 0) is 16.1 Å². The van der Waals surface area contributed by atoms with Gasteiger partial charge in [-0.3, -0.25) is 9.69 Å². The number of fused-ring (bicyclic) bond motifs is 1. The summed E-state index contributed by atoms with van der Waals surface area (Å²) in [5, 5.41) is 6.34. The normalized spacial score (nSPS) is 15.3. The molecule has 3 heterocycles. The Hall–Kier alpha value is -5.37. The van der Waals surface area contributed by atoms with Gasteiger partial charge in [0.25, 0.3) is 0 Å². The number of rotatable bonds is 8. The number of hydrogen-bond donors (Lipinski definition) is 1. The second-order valence-electron chi connectivity index (χ2n) is 10.0. The molecule has 1 saturated heterocycles. The summed E-state index contributed by atoms with van der Waals surface area (Å²) in [6.45, 7) is -2.27. The Bertz CT molecular complexity index is 1930. The number of urea groups is 1. The van der Waals surface area contributed by atoms with Gasteiger partial charge in [0.15, 0.2) is 22.5 Å². The number of halogens is 7. The van der Waals surface area contributed by atoms with Gasteiger partial charge < -0.3 is 24.3 Å². The molecule has 0 unspecified atom stereocenters. The average molecular weight is 713 g/mol. The zero-order valence-electron chi connectivity index (χ0n) is 24.3. The minimum atomic E-state index is -4.85. The SMILES string of the molecule is O=C(N=C1SCC(=O)N1c1cc2c(cc1COCC(F)(F)F)OCO2)Nc1ccc(-c2ncn(-c3ccc(OC(F)(F)F)cc3)n2)cc1F. The maximum Gasteiger partial charge on any atom is 0.573 e. The second-order valence-corrected chi connectivity index (χ2v) is 11.0. The molecule has 4 aromatic rings. The summed E-state index contributed by atoms with van der Waals surface area (Å²) in [5.74, 6) is -1.54. The van der Waals surface area contributed by atoms with Gasteiger partial charge >= 0.3 is 18.6 Å². The third kappa shape index (κ3) is 8.03. The van der Waals surface area contributed by atoms with E-state index in [1.54, 1.807) is 0 Å². The number of nitrogens with one attached hydrogen (secondary N) is 1. The highest BCUT2D eigenvalue weighted by Crippen LogP contribution is 2.41. The van der Waals surface area contributed by atoms with Crippen molar-refractivity contribution in [3.63, 3.8) is 0 Å². The molecule has 3 aromatic carbocycles. The van der Waals surface area contributed by atoms with Gasteiger partial charge in [0.2, 0.25) is 12.7 Å². The summed E-state index contributed by atoms with van der Waals surface area (Å²) >= 11 is 0.873. The van der Waals surface area contributed by atoms with Crippen molar-refractivity contribution in [1.29, 1.82) is 0 Å². The minimum Gasteiger partial charge on any atom is -0.454 e. The number of thioether (sulfide) groups is 1. The molecule has 3 amide bonds. The van der Waals surface area contributed by atoms with Gasteiger partial charge in [-0.1, -0.05) is 11.8 Å². The van der Waals surface area contributed by atoms with Crippen LogP contribution in [0.15, 0.2) is 65.9 Å². The standard InChI is InChI=1S/C29H19F7N6O6S/c30-19-7-15(25-37-13-41(40-25)17-2-4-18(5-3-17)48-29(34,35)36)1-6-20(19)38-26(44)39-27-42(24(43)11-49-27)21-9-23-22(46-14-47-23)8-16(21)10-45-12-28(31,32)33/h1-9,13H,10-12,14H2,(H,38,44). The van der Waals surface area contributed by atoms with E-state index >= 15 is 4.39 Å². The smallest absolute Gasteiger partial charge is 0.454 e. The van der Waals surface area contributed by atoms with E-state index in [1.165, 1.54) is 47.4 Å². The van der Waals surface area contributed by atoms with E-state index in [4.69, 9.17) is 14.2 Å². The number of nitrogens with zero attached hydrogens (tertiary/aromatic N) is 5. The van der Waals surface area contributed by atoms with Crippen LogP contribution in [0.25, 0.3) is 17.1 Å². The Balaban J connectivity index is 1.17. The lowest BCUT2D eigenvalue weighted by Crippen LogP contribution is -2.31. The Morgan fingerprint density at radius 1 is 1.02 bits per heavy atom. The lowest BCUT2D eigenvalue weighted by Gasteiger charge is -2.20. The first kappa shape index (κ1) is 33.5. The van der Waals surface area contributed by atoms with Crippen LogP contribution < -0.4 is 24.4 Å². The van der Waals surface area contributed by atoms with Crippen molar-refractivity contribution in [2.75, 3.05) is 29.4 Å². The number of hydrogen-bond acceptors (Lipinski definition) is 9. The van der Waals surface area contributed by atoms with Crippen molar-refractivity contribution in [2.24, 2.45) is 4.99 Å². The highest BCUT2D eigenvalue weighted by molar-refractivity contribution is 8.15. The summed E-state index contributed by atoms with van der Waals surface area (Å²) in [6, 6.07) is 10.1. The molecule has 0 aliphatic carbocycles. The molecule has 20 heteroatoms. The highest BCUT2D eigenvalue weighted by Gasteiger charge is 2.35. The summed E-state index contributed by atoms with van der Waals surface area (Å²) in [4.78, 5) is 34.7. The number of benzene rings is 3. The van der Waals surface area contributed by atoms with Crippen LogP contribution in [0.5, 0.6) is 17.2 Å². The number of ether oxygens (including phenoxy) is 4. The Morgan fingerprint density at radius 3 is 2.45 bits per heavy atom. The van der Waals surface area contributed by atoms with Crippen molar-refractivity contribution in [3.05, 3.63) is 72.3 Å². The molecular weight excluding hydrogens is 693 g/mol. The quantitative estimate of drug-likeness (QED) is 0.205. The molecule has 0 bridgehead atoms. The number of amides is 3. The maximum absolute atomic E-state index is 15.1. The number of aromatic nitrogens is 3. The van der Waals surface area contributed by atoms with Gasteiger partial charge in [-0.15, -0.1) is 18.3 Å². The Morgan fingerprint density at radius 2 is 1.76 bits per heavy atom. The first-order chi connectivity index (χ1) is 23.2. The zero-order valence-corrected chi connectivity index (χ0v) is 25.2. The number of aliphatic imine (C=N–C) groups is 1. The minimum absolute atomic E-state index is 0.0565. The summed E-state index contributed by atoms with van der Waals surface area (Å²) in [5.41, 5.74) is 0.436. The second kappa shape index (κ2) is 13.3. The van der Waals surface area contributed by atoms with Crippen LogP contribution in [0.3, 0.4) is 0 Å². The van der Waals surface area contributed by atoms with E-state index < -0.39 is 49.3 Å². The van der Waals surface area contributed by atoms with Crippen LogP contribution in [-0.4, -0.2) is 63.6 Å². The Labute approximate surface area is 274 Å². The largest absolute Gasteiger partial charge is 0.573 e. The average Bonchev–Trinajstić information content (AvgIpc) is 3.77. The number of amidine groups is 1. The van der Waals surface area contributed by atoms with E-state index in [9.17, 15) is 35.9 Å². The number of carbonyl (C=O) groups is 2. The molecule has 6 rings (SSSR count). The molecule has 2 aliphatic rings. The lowest BCUT2D eigenvalue weighted by molar-refractivity contribution is -0.274. The number of alkyl halides is 6. The maximum atomic E-state index is 15.1. The molecule has 2 aliphatic heterocycles. The molecule has 1 aromatic heterocycles. The van der Waals surface area contributed by atoms with Crippen molar-refractivity contribution in [1.82, 2.24) is 14.8 Å². The molecule has 1 N–H and O–H groups in total. The zero-order chi connectivity index (χ0) is 34.9. The van der Waals surface area contributed by atoms with Crippen LogP contribution in [0, 0.1) is 5.82 Å². The molecule has 256 valence electrons. The third-order valence-electron chi connectivity index (χ3n) is 6.60. The van der Waals surface area contributed by atoms with E-state index in [-0.39, 0.29) is 57.5 Å². The number of anilines is 2. The first-order valence-electron chi connectivity index (χ1n) is 13.7. The van der Waals surface area contributed by atoms with Gasteiger partial charge in [0.1, 0.15) is 24.5 Å². The summed E-state index contributed by atoms with van der Waals surface area (Å²) < 4.78 is 111. The number of carbonyl (C=O) groups excluding carboxylic acids is 2. The Kier molecular flexibility index (Phi) is 9.08. The fourth-order valence-corrected chi connectivity index (χ4v) is 5.42. The van der Waals surface area contributed by atoms with Crippen LogP contribution in [0.1, 0.15) is 5.56 Å². The summed E-state index contributed by atoms with van der Waals surface area (Å²) in [6.07, 6.45) is -8.18. The molecule has 1 fully saturated rings. The van der Waals surface area contributed by atoms with Crippen molar-refractivity contribution in [2.45, 2.75) is 19.1 Å². The van der Waals surface area contributed by atoms with E-state index in [1.807, 2.05) is 0 Å². The predicted octanol–water partition coefficient (Wildman–Crippen LogP) is 6.45. The van der Waals surface area contributed by atoms with Crippen LogP contribution in [0.2, 0.25) is 0 Å². The van der Waals surface area contributed by atoms with Gasteiger partial charge in [-0.05, 0) is 48.5 Å². The van der Waals surface area contributed by atoms with Crippen molar-refractivity contribution in [3.8, 4) is 34.3 Å². The molecule has 12 nitrogen and oxygen atoms in total. The summed E-state index contributed by atoms with van der Waals surface area (Å²) in [7, 11) is 0. The van der Waals surface area contributed by atoms with Gasteiger partial charge in [-0.25, -0.2) is 18.9 Å². The lowest BCUT2D eigenvalue weighted by atomic mass is 10.1. The van der Waals surface area contributed by atoms with Crippen molar-refractivity contribution < 1.29 is 59.3 Å². The molecule has 0 spiro atoms. The molecule has 0 saturated carbocycles. The van der Waals surface area contributed by atoms with E-state index in [0.29, 0.717) is 5.69 Å². The van der Waals surface area contributed by atoms with Gasteiger partial charge in [-0.2, -0.15) is 18.2 Å². The van der Waals surface area contributed by atoms with E-state index in [2.05, 4.69) is 25.1 Å². The third-order valence-corrected chi connectivity index (χ3v) is 7.52. The fraction of sp³-hybridized carbons (Fsp3) is 0.207.